The van der Waals surface area contributed by atoms with Crippen molar-refractivity contribution in [2.45, 2.75) is 17.8 Å². The van der Waals surface area contributed by atoms with E-state index in [2.05, 4.69) is 82.4 Å². The summed E-state index contributed by atoms with van der Waals surface area (Å²) in [5.74, 6) is 1.73. The summed E-state index contributed by atoms with van der Waals surface area (Å²) in [4.78, 5) is 0. The smallest absolute Gasteiger partial charge is 0.196 e. The van der Waals surface area contributed by atoms with E-state index in [4.69, 9.17) is 0 Å². The van der Waals surface area contributed by atoms with E-state index in [-0.39, 0.29) is 0 Å². The number of benzene rings is 3. The Morgan fingerprint density at radius 2 is 1.42 bits per heavy atom. The molecule has 4 rings (SSSR count). The molecule has 0 N–H and O–H groups in total. The van der Waals surface area contributed by atoms with Crippen LogP contribution in [-0.2, 0) is 5.75 Å². The van der Waals surface area contributed by atoms with Crippen LogP contribution in [-0.4, -0.2) is 14.8 Å². The summed E-state index contributed by atoms with van der Waals surface area (Å²) in [6, 6.07) is 29.1. The molecule has 4 heteroatoms. The molecule has 128 valence electrons. The van der Waals surface area contributed by atoms with E-state index in [1.54, 1.807) is 11.8 Å². The zero-order valence-corrected chi connectivity index (χ0v) is 15.4. The van der Waals surface area contributed by atoms with E-state index in [0.717, 1.165) is 28.0 Å². The van der Waals surface area contributed by atoms with Gasteiger partial charge in [-0.05, 0) is 24.6 Å². The maximum absolute atomic E-state index is 4.49. The van der Waals surface area contributed by atoms with E-state index in [9.17, 15) is 0 Å². The highest BCUT2D eigenvalue weighted by atomic mass is 32.2. The molecule has 0 aliphatic rings. The Labute approximate surface area is 157 Å². The highest BCUT2D eigenvalue weighted by Crippen LogP contribution is 2.29. The molecular formula is C22H19N3S. The van der Waals surface area contributed by atoms with Crippen LogP contribution in [0.5, 0.6) is 0 Å². The monoisotopic (exact) mass is 357 g/mol. The third-order valence-electron chi connectivity index (χ3n) is 4.17. The molecule has 0 aliphatic heterocycles. The quantitative estimate of drug-likeness (QED) is 0.440. The Morgan fingerprint density at radius 1 is 0.769 bits per heavy atom. The number of thioether (sulfide) groups is 1. The fraction of sp³-hybridized carbons (Fsp3) is 0.0909. The molecule has 0 amide bonds. The lowest BCUT2D eigenvalue weighted by atomic mass is 10.2. The van der Waals surface area contributed by atoms with E-state index in [0.29, 0.717) is 0 Å². The number of aryl methyl sites for hydroxylation is 1. The van der Waals surface area contributed by atoms with Gasteiger partial charge in [0.05, 0.1) is 0 Å². The molecule has 4 aromatic rings. The van der Waals surface area contributed by atoms with Crippen molar-refractivity contribution in [2.75, 3.05) is 0 Å². The molecular weight excluding hydrogens is 338 g/mol. The first-order valence-corrected chi connectivity index (χ1v) is 9.54. The van der Waals surface area contributed by atoms with E-state index in [1.165, 1.54) is 11.1 Å². The van der Waals surface area contributed by atoms with Crippen LogP contribution < -0.4 is 0 Å². The molecule has 0 atom stereocenters. The molecule has 0 saturated carbocycles. The van der Waals surface area contributed by atoms with Gasteiger partial charge in [-0.2, -0.15) is 0 Å². The number of hydrogen-bond acceptors (Lipinski definition) is 3. The van der Waals surface area contributed by atoms with Gasteiger partial charge in [-0.25, -0.2) is 0 Å². The van der Waals surface area contributed by atoms with E-state index >= 15 is 0 Å². The summed E-state index contributed by atoms with van der Waals surface area (Å²) < 4.78 is 2.14. The average Bonchev–Trinajstić information content (AvgIpc) is 3.12. The summed E-state index contributed by atoms with van der Waals surface area (Å²) in [6.07, 6.45) is 0. The number of aromatic nitrogens is 3. The molecule has 3 nitrogen and oxygen atoms in total. The van der Waals surface area contributed by atoms with Crippen molar-refractivity contribution < 1.29 is 0 Å². The Kier molecular flexibility index (Phi) is 4.84. The predicted octanol–water partition coefficient (Wildman–Crippen LogP) is 5.54. The summed E-state index contributed by atoms with van der Waals surface area (Å²) >= 11 is 1.70. The first-order valence-electron chi connectivity index (χ1n) is 8.56. The fourth-order valence-corrected chi connectivity index (χ4v) is 3.69. The largest absolute Gasteiger partial charge is 0.270 e. The third kappa shape index (κ3) is 3.55. The second-order valence-corrected chi connectivity index (χ2v) is 7.06. The van der Waals surface area contributed by atoms with Gasteiger partial charge in [0.25, 0.3) is 0 Å². The predicted molar refractivity (Wildman–Crippen MR) is 108 cm³/mol. The van der Waals surface area contributed by atoms with Crippen LogP contribution >= 0.6 is 11.8 Å². The van der Waals surface area contributed by atoms with E-state index < -0.39 is 0 Å². The van der Waals surface area contributed by atoms with E-state index in [1.807, 2.05) is 24.3 Å². The minimum atomic E-state index is 0.861. The maximum atomic E-state index is 4.49. The van der Waals surface area contributed by atoms with Gasteiger partial charge in [-0.15, -0.1) is 10.2 Å². The van der Waals surface area contributed by atoms with Gasteiger partial charge in [0.1, 0.15) is 0 Å². The van der Waals surface area contributed by atoms with Crippen molar-refractivity contribution in [1.82, 2.24) is 14.8 Å². The van der Waals surface area contributed by atoms with Crippen LogP contribution in [0, 0.1) is 6.92 Å². The minimum absolute atomic E-state index is 0.861. The molecule has 0 spiro atoms. The molecule has 0 bridgehead atoms. The van der Waals surface area contributed by atoms with Crippen LogP contribution in [0.3, 0.4) is 0 Å². The minimum Gasteiger partial charge on any atom is -0.270 e. The second kappa shape index (κ2) is 7.58. The molecule has 0 saturated heterocycles. The topological polar surface area (TPSA) is 30.7 Å². The lowest BCUT2D eigenvalue weighted by Gasteiger charge is -2.11. The van der Waals surface area contributed by atoms with Crippen molar-refractivity contribution in [1.29, 1.82) is 0 Å². The average molecular weight is 357 g/mol. The first-order chi connectivity index (χ1) is 12.8. The van der Waals surface area contributed by atoms with Crippen molar-refractivity contribution in [3.8, 4) is 17.1 Å². The van der Waals surface area contributed by atoms with Crippen molar-refractivity contribution >= 4 is 11.8 Å². The van der Waals surface area contributed by atoms with Gasteiger partial charge in [0.2, 0.25) is 0 Å². The Balaban J connectivity index is 1.74. The molecule has 1 heterocycles. The third-order valence-corrected chi connectivity index (χ3v) is 5.17. The van der Waals surface area contributed by atoms with Crippen LogP contribution in [0.15, 0.2) is 90.1 Å². The van der Waals surface area contributed by atoms with Crippen LogP contribution in [0.25, 0.3) is 17.1 Å². The number of hydrogen-bond donors (Lipinski definition) is 0. The second-order valence-electron chi connectivity index (χ2n) is 6.12. The standard InChI is InChI=1S/C22H19N3S/c1-17-12-14-20(15-13-17)25-21(19-10-6-3-7-11-19)23-24-22(25)26-16-18-8-4-2-5-9-18/h2-15H,16H2,1H3. The van der Waals surface area contributed by atoms with Gasteiger partial charge in [-0.1, -0.05) is 90.1 Å². The highest BCUT2D eigenvalue weighted by Gasteiger charge is 2.16. The van der Waals surface area contributed by atoms with Gasteiger partial charge in [-0.3, -0.25) is 4.57 Å². The van der Waals surface area contributed by atoms with Gasteiger partial charge < -0.3 is 0 Å². The van der Waals surface area contributed by atoms with Crippen molar-refractivity contribution in [3.05, 3.63) is 96.1 Å². The summed E-state index contributed by atoms with van der Waals surface area (Å²) in [5.41, 5.74) is 4.65. The van der Waals surface area contributed by atoms with Gasteiger partial charge >= 0.3 is 0 Å². The molecule has 0 unspecified atom stereocenters. The molecule has 3 aromatic carbocycles. The van der Waals surface area contributed by atoms with Crippen molar-refractivity contribution in [2.24, 2.45) is 0 Å². The van der Waals surface area contributed by atoms with Crippen LogP contribution in [0.1, 0.15) is 11.1 Å². The summed E-state index contributed by atoms with van der Waals surface area (Å²) in [7, 11) is 0. The number of nitrogens with zero attached hydrogens (tertiary/aromatic N) is 3. The zero-order valence-electron chi connectivity index (χ0n) is 14.5. The normalized spacial score (nSPS) is 10.8. The lowest BCUT2D eigenvalue weighted by Crippen LogP contribution is -1.99. The fourth-order valence-electron chi connectivity index (χ4n) is 2.79. The van der Waals surface area contributed by atoms with Crippen LogP contribution in [0.4, 0.5) is 0 Å². The SMILES string of the molecule is Cc1ccc(-n2c(SCc3ccccc3)nnc2-c2ccccc2)cc1. The first kappa shape index (κ1) is 16.6. The van der Waals surface area contributed by atoms with Gasteiger partial charge in [0, 0.05) is 17.0 Å². The molecule has 0 aliphatic carbocycles. The van der Waals surface area contributed by atoms with Gasteiger partial charge in [0.15, 0.2) is 11.0 Å². The van der Waals surface area contributed by atoms with Crippen molar-refractivity contribution in [3.63, 3.8) is 0 Å². The summed E-state index contributed by atoms with van der Waals surface area (Å²) in [6.45, 7) is 2.10. The molecule has 26 heavy (non-hydrogen) atoms. The Morgan fingerprint density at radius 3 is 2.12 bits per heavy atom. The number of rotatable bonds is 5. The summed E-state index contributed by atoms with van der Waals surface area (Å²) in [5, 5.41) is 9.87. The zero-order chi connectivity index (χ0) is 17.8. The van der Waals surface area contributed by atoms with Crippen LogP contribution in [0.2, 0.25) is 0 Å². The maximum Gasteiger partial charge on any atom is 0.196 e. The molecule has 0 radical (unpaired) electrons. The highest BCUT2D eigenvalue weighted by molar-refractivity contribution is 7.98. The molecule has 1 aromatic heterocycles. The Hall–Kier alpha value is -2.85. The molecule has 0 fully saturated rings. The lowest BCUT2D eigenvalue weighted by molar-refractivity contribution is 0.885. The Bertz CT molecular complexity index is 977.